The van der Waals surface area contributed by atoms with Crippen LogP contribution in [0.5, 0.6) is 0 Å². The molecule has 2 N–H and O–H groups in total. The van der Waals surface area contributed by atoms with Crippen LogP contribution in [0.1, 0.15) is 37.7 Å². The number of allylic oxidation sites excluding steroid dienone is 1. The van der Waals surface area contributed by atoms with Crippen LogP contribution in [-0.4, -0.2) is 17.6 Å². The van der Waals surface area contributed by atoms with Crippen molar-refractivity contribution in [1.82, 2.24) is 10.6 Å². The van der Waals surface area contributed by atoms with Crippen LogP contribution in [-0.2, 0) is 4.79 Å². The number of carbonyl (C=O) groups is 1. The molecule has 0 atom stereocenters. The Hall–Kier alpha value is -2.01. The molecule has 3 nitrogen and oxygen atoms in total. The largest absolute Gasteiger partial charge is 0.362 e. The van der Waals surface area contributed by atoms with Gasteiger partial charge in [0, 0.05) is 12.6 Å². The molecule has 5 heteroatoms. The minimum absolute atomic E-state index is 0.301. The molecule has 0 bridgehead atoms. The van der Waals surface area contributed by atoms with Crippen LogP contribution in [0.4, 0.5) is 4.39 Å². The van der Waals surface area contributed by atoms with E-state index in [4.69, 9.17) is 12.2 Å². The standard InChI is InChI=1S/C18H21FN2OS/c19-16-9-6-15(7-10-16)8-11-17(22)21-18(23)20-13-12-14-4-2-1-3-5-14/h4,6-11H,1-3,5,12-13H2,(H2,20,21,22,23). The third-order valence-corrected chi connectivity index (χ3v) is 3.90. The number of thiocarbonyl (C=S) groups is 1. The lowest BCUT2D eigenvalue weighted by Gasteiger charge is -2.13. The lowest BCUT2D eigenvalue weighted by Crippen LogP contribution is -2.38. The number of hydrogen-bond acceptors (Lipinski definition) is 2. The van der Waals surface area contributed by atoms with Gasteiger partial charge in [0.05, 0.1) is 0 Å². The Morgan fingerprint density at radius 1 is 1.26 bits per heavy atom. The first-order valence-corrected chi connectivity index (χ1v) is 8.25. The minimum atomic E-state index is -0.302. The average molecular weight is 332 g/mol. The summed E-state index contributed by atoms with van der Waals surface area (Å²) in [6.45, 7) is 0.729. The Labute approximate surface area is 141 Å². The quantitative estimate of drug-likeness (QED) is 0.490. The average Bonchev–Trinajstić information content (AvgIpc) is 2.55. The van der Waals surface area contributed by atoms with Crippen molar-refractivity contribution >= 4 is 29.3 Å². The zero-order chi connectivity index (χ0) is 16.5. The van der Waals surface area contributed by atoms with Crippen molar-refractivity contribution in [2.24, 2.45) is 0 Å². The first kappa shape index (κ1) is 17.3. The van der Waals surface area contributed by atoms with Gasteiger partial charge in [-0.25, -0.2) is 4.39 Å². The highest BCUT2D eigenvalue weighted by Gasteiger charge is 2.04. The van der Waals surface area contributed by atoms with Crippen molar-refractivity contribution < 1.29 is 9.18 Å². The van der Waals surface area contributed by atoms with Gasteiger partial charge in [-0.15, -0.1) is 0 Å². The SMILES string of the molecule is O=C(C=Cc1ccc(F)cc1)NC(=S)NCCC1=CCCCC1. The Balaban J connectivity index is 1.68. The Morgan fingerprint density at radius 2 is 2.04 bits per heavy atom. The summed E-state index contributed by atoms with van der Waals surface area (Å²) in [6, 6.07) is 5.91. The molecule has 0 aliphatic heterocycles. The van der Waals surface area contributed by atoms with Gasteiger partial charge in [-0.3, -0.25) is 10.1 Å². The van der Waals surface area contributed by atoms with Gasteiger partial charge in [0.15, 0.2) is 5.11 Å². The molecule has 0 saturated carbocycles. The molecule has 2 rings (SSSR count). The monoisotopic (exact) mass is 332 g/mol. The summed E-state index contributed by atoms with van der Waals surface area (Å²) in [4.78, 5) is 11.7. The van der Waals surface area contributed by atoms with Crippen LogP contribution in [0.25, 0.3) is 6.08 Å². The zero-order valence-electron chi connectivity index (χ0n) is 13.0. The van der Waals surface area contributed by atoms with Crippen molar-refractivity contribution in [3.63, 3.8) is 0 Å². The van der Waals surface area contributed by atoms with E-state index in [0.717, 1.165) is 18.5 Å². The van der Waals surface area contributed by atoms with Crippen LogP contribution >= 0.6 is 12.2 Å². The number of halogens is 1. The van der Waals surface area contributed by atoms with Gasteiger partial charge in [0.25, 0.3) is 0 Å². The summed E-state index contributed by atoms with van der Waals surface area (Å²) in [6.07, 6.45) is 11.1. The van der Waals surface area contributed by atoms with Gasteiger partial charge < -0.3 is 5.32 Å². The Bertz CT molecular complexity index is 608. The molecule has 0 aromatic heterocycles. The highest BCUT2D eigenvalue weighted by atomic mass is 32.1. The smallest absolute Gasteiger partial charge is 0.250 e. The van der Waals surface area contributed by atoms with Gasteiger partial charge in [0.2, 0.25) is 5.91 Å². The van der Waals surface area contributed by atoms with E-state index in [1.165, 1.54) is 49.5 Å². The van der Waals surface area contributed by atoms with Crippen molar-refractivity contribution in [3.8, 4) is 0 Å². The van der Waals surface area contributed by atoms with E-state index in [2.05, 4.69) is 16.7 Å². The molecule has 0 saturated heterocycles. The van der Waals surface area contributed by atoms with Crippen LogP contribution in [0, 0.1) is 5.82 Å². The van der Waals surface area contributed by atoms with Crippen LogP contribution in [0.15, 0.2) is 42.0 Å². The lowest BCUT2D eigenvalue weighted by atomic mass is 9.97. The van der Waals surface area contributed by atoms with Gasteiger partial charge in [0.1, 0.15) is 5.82 Å². The number of nitrogens with one attached hydrogen (secondary N) is 2. The first-order valence-electron chi connectivity index (χ1n) is 7.84. The van der Waals surface area contributed by atoms with E-state index in [-0.39, 0.29) is 11.7 Å². The summed E-state index contributed by atoms with van der Waals surface area (Å²) in [5, 5.41) is 5.97. The molecular formula is C18H21FN2OS. The molecule has 1 amide bonds. The van der Waals surface area contributed by atoms with Crippen LogP contribution in [0.3, 0.4) is 0 Å². The fourth-order valence-electron chi connectivity index (χ4n) is 2.41. The maximum atomic E-state index is 12.8. The number of carbonyl (C=O) groups excluding carboxylic acids is 1. The fourth-order valence-corrected chi connectivity index (χ4v) is 2.61. The van der Waals surface area contributed by atoms with Crippen molar-refractivity contribution in [2.75, 3.05) is 6.54 Å². The molecule has 0 radical (unpaired) electrons. The van der Waals surface area contributed by atoms with E-state index in [9.17, 15) is 9.18 Å². The molecule has 23 heavy (non-hydrogen) atoms. The third kappa shape index (κ3) is 6.74. The second-order valence-corrected chi connectivity index (χ2v) is 5.90. The van der Waals surface area contributed by atoms with E-state index in [0.29, 0.717) is 5.11 Å². The molecule has 0 fully saturated rings. The molecule has 122 valence electrons. The normalized spacial score (nSPS) is 14.4. The number of amides is 1. The molecule has 1 aliphatic carbocycles. The summed E-state index contributed by atoms with van der Waals surface area (Å²) in [5.41, 5.74) is 2.22. The molecule has 1 aromatic carbocycles. The topological polar surface area (TPSA) is 41.1 Å². The van der Waals surface area contributed by atoms with Crippen LogP contribution < -0.4 is 10.6 Å². The maximum Gasteiger partial charge on any atom is 0.250 e. The van der Waals surface area contributed by atoms with Crippen LogP contribution in [0.2, 0.25) is 0 Å². The highest BCUT2D eigenvalue weighted by Crippen LogP contribution is 2.19. The van der Waals surface area contributed by atoms with E-state index in [1.807, 2.05) is 0 Å². The van der Waals surface area contributed by atoms with E-state index in [1.54, 1.807) is 18.2 Å². The highest BCUT2D eigenvalue weighted by molar-refractivity contribution is 7.80. The summed E-state index contributed by atoms with van der Waals surface area (Å²) in [5.74, 6) is -0.603. The maximum absolute atomic E-state index is 12.8. The molecule has 0 unspecified atom stereocenters. The van der Waals surface area contributed by atoms with Gasteiger partial charge in [-0.05, 0) is 68.1 Å². The summed E-state index contributed by atoms with van der Waals surface area (Å²) in [7, 11) is 0. The molecule has 0 heterocycles. The van der Waals surface area contributed by atoms with E-state index < -0.39 is 0 Å². The molecular weight excluding hydrogens is 311 g/mol. The Kier molecular flexibility index (Phi) is 6.94. The molecule has 1 aliphatic rings. The van der Waals surface area contributed by atoms with Gasteiger partial charge >= 0.3 is 0 Å². The predicted molar refractivity (Wildman–Crippen MR) is 95.3 cm³/mol. The number of hydrogen-bond donors (Lipinski definition) is 2. The third-order valence-electron chi connectivity index (χ3n) is 3.65. The second-order valence-electron chi connectivity index (χ2n) is 5.49. The molecule has 0 spiro atoms. The predicted octanol–water partition coefficient (Wildman–Crippen LogP) is 3.72. The zero-order valence-corrected chi connectivity index (χ0v) is 13.8. The van der Waals surface area contributed by atoms with Gasteiger partial charge in [-0.1, -0.05) is 23.8 Å². The first-order chi connectivity index (χ1) is 11.1. The van der Waals surface area contributed by atoms with E-state index >= 15 is 0 Å². The number of benzene rings is 1. The number of rotatable bonds is 5. The van der Waals surface area contributed by atoms with Crippen molar-refractivity contribution in [1.29, 1.82) is 0 Å². The van der Waals surface area contributed by atoms with Crippen molar-refractivity contribution in [2.45, 2.75) is 32.1 Å². The fraction of sp³-hybridized carbons (Fsp3) is 0.333. The summed E-state index contributed by atoms with van der Waals surface area (Å²) >= 11 is 5.10. The summed E-state index contributed by atoms with van der Waals surface area (Å²) < 4.78 is 12.8. The molecule has 1 aromatic rings. The van der Waals surface area contributed by atoms with Crippen molar-refractivity contribution in [3.05, 3.63) is 53.4 Å². The second kappa shape index (κ2) is 9.20. The Morgan fingerprint density at radius 3 is 2.74 bits per heavy atom. The minimum Gasteiger partial charge on any atom is -0.362 e. The van der Waals surface area contributed by atoms with Gasteiger partial charge in [-0.2, -0.15) is 0 Å². The lowest BCUT2D eigenvalue weighted by molar-refractivity contribution is -0.115.